The number of aromatic nitrogens is 2. The molecule has 4 rings (SSSR count). The number of amides is 1. The van der Waals surface area contributed by atoms with E-state index in [-0.39, 0.29) is 18.0 Å². The highest BCUT2D eigenvalue weighted by Crippen LogP contribution is 2.32. The van der Waals surface area contributed by atoms with E-state index in [1.807, 2.05) is 60.9 Å². The number of carbonyl (C=O) groups excluding carboxylic acids is 1. The Morgan fingerprint density at radius 2 is 1.89 bits per heavy atom. The first-order valence-electron chi connectivity index (χ1n) is 9.25. The van der Waals surface area contributed by atoms with Gasteiger partial charge < -0.3 is 19.4 Å². The fourth-order valence-electron chi connectivity index (χ4n) is 3.28. The van der Waals surface area contributed by atoms with Gasteiger partial charge in [0.15, 0.2) is 11.5 Å². The van der Waals surface area contributed by atoms with Crippen LogP contribution < -0.4 is 14.8 Å². The van der Waals surface area contributed by atoms with Crippen LogP contribution in [0.15, 0.2) is 48.8 Å². The predicted octanol–water partition coefficient (Wildman–Crippen LogP) is 3.64. The van der Waals surface area contributed by atoms with Crippen LogP contribution in [0.2, 0.25) is 0 Å². The van der Waals surface area contributed by atoms with Crippen molar-refractivity contribution >= 4 is 16.9 Å². The predicted molar refractivity (Wildman–Crippen MR) is 103 cm³/mol. The molecule has 0 spiro atoms. The van der Waals surface area contributed by atoms with Gasteiger partial charge in [-0.05, 0) is 43.7 Å². The number of benzene rings is 2. The van der Waals surface area contributed by atoms with Crippen LogP contribution in [-0.4, -0.2) is 28.7 Å². The van der Waals surface area contributed by atoms with E-state index in [2.05, 4.69) is 10.3 Å². The van der Waals surface area contributed by atoms with Gasteiger partial charge in [0.1, 0.15) is 6.04 Å². The number of nitrogens with one attached hydrogen (secondary N) is 1. The monoisotopic (exact) mass is 365 g/mol. The molecule has 1 N–H and O–H groups in total. The van der Waals surface area contributed by atoms with E-state index in [0.717, 1.165) is 34.5 Å². The van der Waals surface area contributed by atoms with E-state index in [9.17, 15) is 4.79 Å². The summed E-state index contributed by atoms with van der Waals surface area (Å²) in [6.07, 6.45) is 2.58. The number of ether oxygens (including phenoxy) is 2. The van der Waals surface area contributed by atoms with Crippen molar-refractivity contribution < 1.29 is 14.3 Å². The molecule has 140 valence electrons. The summed E-state index contributed by atoms with van der Waals surface area (Å²) in [7, 11) is 0. The molecule has 6 nitrogen and oxygen atoms in total. The first kappa shape index (κ1) is 17.4. The van der Waals surface area contributed by atoms with E-state index in [0.29, 0.717) is 13.2 Å². The number of hydrogen-bond acceptors (Lipinski definition) is 4. The van der Waals surface area contributed by atoms with E-state index >= 15 is 0 Å². The average Bonchev–Trinajstić information content (AvgIpc) is 2.97. The molecule has 3 aromatic rings. The molecule has 27 heavy (non-hydrogen) atoms. The molecule has 1 amide bonds. The molecule has 0 bridgehead atoms. The number of fused-ring (bicyclic) bond motifs is 2. The van der Waals surface area contributed by atoms with Gasteiger partial charge in [0, 0.05) is 6.42 Å². The zero-order valence-electron chi connectivity index (χ0n) is 15.5. The first-order chi connectivity index (χ1) is 13.1. The zero-order chi connectivity index (χ0) is 18.8. The van der Waals surface area contributed by atoms with Crippen LogP contribution in [0.3, 0.4) is 0 Å². The highest BCUT2D eigenvalue weighted by molar-refractivity contribution is 5.83. The van der Waals surface area contributed by atoms with Crippen molar-refractivity contribution in [3.05, 3.63) is 54.4 Å². The minimum atomic E-state index is -0.361. The molecule has 0 unspecified atom stereocenters. The highest BCUT2D eigenvalue weighted by atomic mass is 16.5. The standard InChI is InChI=1S/C21H23N3O3/c1-14(16-8-9-19-20(12-16)27-11-5-10-26-19)23-21(25)15(2)24-13-22-17-6-3-4-7-18(17)24/h3-4,6-9,12-15H,5,10-11H2,1-2H3,(H,23,25)/t14-,15+/m1/s1. The molecular formula is C21H23N3O3. The van der Waals surface area contributed by atoms with Gasteiger partial charge in [-0.1, -0.05) is 18.2 Å². The summed E-state index contributed by atoms with van der Waals surface area (Å²) in [5.74, 6) is 1.44. The number of para-hydroxylation sites is 2. The maximum absolute atomic E-state index is 12.8. The molecule has 6 heteroatoms. The molecule has 1 aromatic heterocycles. The van der Waals surface area contributed by atoms with Crippen molar-refractivity contribution in [1.82, 2.24) is 14.9 Å². The van der Waals surface area contributed by atoms with Gasteiger partial charge in [0.05, 0.1) is 36.6 Å². The molecule has 2 atom stereocenters. The van der Waals surface area contributed by atoms with Crippen LogP contribution >= 0.6 is 0 Å². The third kappa shape index (κ3) is 3.47. The Morgan fingerprint density at radius 3 is 2.74 bits per heavy atom. The number of nitrogens with zero attached hydrogens (tertiary/aromatic N) is 2. The summed E-state index contributed by atoms with van der Waals surface area (Å²) < 4.78 is 13.3. The lowest BCUT2D eigenvalue weighted by Crippen LogP contribution is -2.32. The van der Waals surface area contributed by atoms with Gasteiger partial charge in [-0.15, -0.1) is 0 Å². The Hall–Kier alpha value is -3.02. The first-order valence-corrected chi connectivity index (χ1v) is 9.25. The number of imidazole rings is 1. The summed E-state index contributed by atoms with van der Waals surface area (Å²) >= 11 is 0. The van der Waals surface area contributed by atoms with Gasteiger partial charge in [-0.25, -0.2) is 4.98 Å². The van der Waals surface area contributed by atoms with Crippen LogP contribution in [0, 0.1) is 0 Å². The summed E-state index contributed by atoms with van der Waals surface area (Å²) in [6, 6.07) is 13.1. The molecule has 2 aromatic carbocycles. The Labute approximate surface area is 158 Å². The normalized spacial score (nSPS) is 15.8. The zero-order valence-corrected chi connectivity index (χ0v) is 15.5. The number of rotatable bonds is 4. The Morgan fingerprint density at radius 1 is 1.11 bits per heavy atom. The molecule has 0 saturated carbocycles. The van der Waals surface area contributed by atoms with Crippen molar-refractivity contribution in [2.75, 3.05) is 13.2 Å². The molecule has 0 aliphatic carbocycles. The van der Waals surface area contributed by atoms with E-state index in [1.54, 1.807) is 6.33 Å². The van der Waals surface area contributed by atoms with E-state index in [1.165, 1.54) is 0 Å². The molecule has 1 aliphatic heterocycles. The lowest BCUT2D eigenvalue weighted by Gasteiger charge is -2.20. The largest absolute Gasteiger partial charge is 0.490 e. The van der Waals surface area contributed by atoms with Gasteiger partial charge in [-0.2, -0.15) is 0 Å². The topological polar surface area (TPSA) is 65.4 Å². The maximum Gasteiger partial charge on any atom is 0.243 e. The smallest absolute Gasteiger partial charge is 0.243 e. The van der Waals surface area contributed by atoms with Crippen LogP contribution in [0.25, 0.3) is 11.0 Å². The lowest BCUT2D eigenvalue weighted by atomic mass is 10.1. The van der Waals surface area contributed by atoms with Crippen molar-refractivity contribution in [3.63, 3.8) is 0 Å². The molecule has 0 radical (unpaired) electrons. The van der Waals surface area contributed by atoms with Gasteiger partial charge in [0.2, 0.25) is 5.91 Å². The van der Waals surface area contributed by atoms with Crippen molar-refractivity contribution in [2.45, 2.75) is 32.4 Å². The summed E-state index contributed by atoms with van der Waals surface area (Å²) in [4.78, 5) is 17.2. The number of carbonyl (C=O) groups is 1. The van der Waals surface area contributed by atoms with Crippen molar-refractivity contribution in [1.29, 1.82) is 0 Å². The molecule has 0 saturated heterocycles. The maximum atomic E-state index is 12.8. The van der Waals surface area contributed by atoms with Crippen LogP contribution in [0.4, 0.5) is 0 Å². The summed E-state index contributed by atoms with van der Waals surface area (Å²) in [6.45, 7) is 5.15. The SMILES string of the molecule is C[C@@H](NC(=O)[C@H](C)n1cnc2ccccc21)c1ccc2c(c1)OCCCO2. The minimum absolute atomic E-state index is 0.0576. The van der Waals surface area contributed by atoms with E-state index < -0.39 is 0 Å². The third-order valence-electron chi connectivity index (χ3n) is 4.91. The number of hydrogen-bond donors (Lipinski definition) is 1. The second-order valence-corrected chi connectivity index (χ2v) is 6.80. The Balaban J connectivity index is 1.50. The summed E-state index contributed by atoms with van der Waals surface area (Å²) in [5.41, 5.74) is 2.81. The quantitative estimate of drug-likeness (QED) is 0.767. The van der Waals surface area contributed by atoms with Crippen molar-refractivity contribution in [2.24, 2.45) is 0 Å². The van der Waals surface area contributed by atoms with Gasteiger partial charge in [-0.3, -0.25) is 4.79 Å². The fourth-order valence-corrected chi connectivity index (χ4v) is 3.28. The van der Waals surface area contributed by atoms with E-state index in [4.69, 9.17) is 9.47 Å². The van der Waals surface area contributed by atoms with Gasteiger partial charge >= 0.3 is 0 Å². The highest BCUT2D eigenvalue weighted by Gasteiger charge is 2.20. The second-order valence-electron chi connectivity index (χ2n) is 6.80. The lowest BCUT2D eigenvalue weighted by molar-refractivity contribution is -0.124. The van der Waals surface area contributed by atoms with Gasteiger partial charge in [0.25, 0.3) is 0 Å². The average molecular weight is 365 g/mol. The third-order valence-corrected chi connectivity index (χ3v) is 4.91. The van der Waals surface area contributed by atoms with Crippen LogP contribution in [-0.2, 0) is 4.79 Å². The minimum Gasteiger partial charge on any atom is -0.490 e. The summed E-state index contributed by atoms with van der Waals surface area (Å²) in [5, 5.41) is 3.09. The molecule has 0 fully saturated rings. The molecule has 1 aliphatic rings. The van der Waals surface area contributed by atoms with Crippen LogP contribution in [0.1, 0.15) is 37.9 Å². The van der Waals surface area contributed by atoms with Crippen LogP contribution in [0.5, 0.6) is 11.5 Å². The van der Waals surface area contributed by atoms with Crippen molar-refractivity contribution in [3.8, 4) is 11.5 Å². The second kappa shape index (κ2) is 7.31. The Bertz CT molecular complexity index is 966. The Kier molecular flexibility index (Phi) is 4.71. The fraction of sp³-hybridized carbons (Fsp3) is 0.333. The molecular weight excluding hydrogens is 342 g/mol. The molecule has 2 heterocycles.